The van der Waals surface area contributed by atoms with Crippen LogP contribution < -0.4 is 0 Å². The molecule has 16 heavy (non-hydrogen) atoms. The molecule has 1 rings (SSSR count). The molecule has 2 nitrogen and oxygen atoms in total. The summed E-state index contributed by atoms with van der Waals surface area (Å²) >= 11 is 3.46. The van der Waals surface area contributed by atoms with E-state index in [1.165, 1.54) is 16.7 Å². The summed E-state index contributed by atoms with van der Waals surface area (Å²) in [5, 5.41) is 0.772. The van der Waals surface area contributed by atoms with Gasteiger partial charge in [-0.2, -0.15) is 0 Å². The van der Waals surface area contributed by atoms with Crippen LogP contribution in [-0.4, -0.2) is 12.6 Å². The fourth-order valence-electron chi connectivity index (χ4n) is 1.80. The molecule has 0 amide bonds. The quantitative estimate of drug-likeness (QED) is 0.626. The predicted octanol–water partition coefficient (Wildman–Crippen LogP) is 3.30. The van der Waals surface area contributed by atoms with Crippen LogP contribution in [0.5, 0.6) is 0 Å². The monoisotopic (exact) mass is 284 g/mol. The van der Waals surface area contributed by atoms with Crippen molar-refractivity contribution in [3.8, 4) is 0 Å². The Morgan fingerprint density at radius 2 is 2.06 bits per heavy atom. The minimum atomic E-state index is -0.158. The number of hydrogen-bond donors (Lipinski definition) is 0. The Morgan fingerprint density at radius 3 is 2.62 bits per heavy atom. The zero-order valence-electron chi connectivity index (χ0n) is 9.97. The fourth-order valence-corrected chi connectivity index (χ4v) is 2.60. The maximum atomic E-state index is 11.5. The molecule has 0 spiro atoms. The lowest BCUT2D eigenvalue weighted by Gasteiger charge is -2.11. The number of rotatable bonds is 4. The second-order valence-corrected chi connectivity index (χ2v) is 4.40. The van der Waals surface area contributed by atoms with Crippen LogP contribution in [0.15, 0.2) is 12.1 Å². The van der Waals surface area contributed by atoms with Crippen molar-refractivity contribution in [3.05, 3.63) is 34.4 Å². The Morgan fingerprint density at radius 1 is 1.38 bits per heavy atom. The third kappa shape index (κ3) is 3.34. The molecule has 0 radical (unpaired) electrons. The molecule has 0 bridgehead atoms. The number of esters is 1. The molecule has 0 atom stereocenters. The Kier molecular flexibility index (Phi) is 5.00. The summed E-state index contributed by atoms with van der Waals surface area (Å²) in [6.45, 7) is 6.37. The minimum absolute atomic E-state index is 0.158. The molecule has 88 valence electrons. The van der Waals surface area contributed by atoms with Gasteiger partial charge < -0.3 is 4.74 Å². The van der Waals surface area contributed by atoms with Crippen molar-refractivity contribution in [2.45, 2.75) is 32.5 Å². The van der Waals surface area contributed by atoms with Crippen LogP contribution in [0.3, 0.4) is 0 Å². The topological polar surface area (TPSA) is 26.3 Å². The maximum absolute atomic E-state index is 11.5. The smallest absolute Gasteiger partial charge is 0.310 e. The molecule has 1 aromatic rings. The summed E-state index contributed by atoms with van der Waals surface area (Å²) in [6, 6.07) is 4.19. The highest BCUT2D eigenvalue weighted by molar-refractivity contribution is 9.08. The summed E-state index contributed by atoms with van der Waals surface area (Å²) < 4.78 is 4.97. The first-order chi connectivity index (χ1) is 7.58. The zero-order chi connectivity index (χ0) is 12.1. The Labute approximate surface area is 105 Å². The van der Waals surface area contributed by atoms with Gasteiger partial charge in [0.25, 0.3) is 0 Å². The van der Waals surface area contributed by atoms with Gasteiger partial charge in [0.1, 0.15) is 0 Å². The first-order valence-electron chi connectivity index (χ1n) is 5.39. The van der Waals surface area contributed by atoms with Crippen molar-refractivity contribution in [1.29, 1.82) is 0 Å². The van der Waals surface area contributed by atoms with E-state index in [2.05, 4.69) is 35.0 Å². The molecule has 1 aromatic carbocycles. The second-order valence-electron chi connectivity index (χ2n) is 3.83. The van der Waals surface area contributed by atoms with Crippen molar-refractivity contribution in [2.75, 3.05) is 6.61 Å². The average molecular weight is 285 g/mol. The third-order valence-electron chi connectivity index (χ3n) is 2.48. The summed E-state index contributed by atoms with van der Waals surface area (Å²) in [6.07, 6.45) is 0.358. The molecule has 0 saturated carbocycles. The first kappa shape index (κ1) is 13.2. The zero-order valence-corrected chi connectivity index (χ0v) is 11.6. The van der Waals surface area contributed by atoms with Crippen LogP contribution in [0.1, 0.15) is 29.2 Å². The van der Waals surface area contributed by atoms with E-state index >= 15 is 0 Å². The Bertz CT molecular complexity index is 386. The van der Waals surface area contributed by atoms with E-state index in [9.17, 15) is 4.79 Å². The van der Waals surface area contributed by atoms with E-state index in [4.69, 9.17) is 4.74 Å². The number of carbonyl (C=O) groups is 1. The van der Waals surface area contributed by atoms with E-state index < -0.39 is 0 Å². The van der Waals surface area contributed by atoms with E-state index in [-0.39, 0.29) is 5.97 Å². The van der Waals surface area contributed by atoms with Gasteiger partial charge in [0, 0.05) is 5.33 Å². The van der Waals surface area contributed by atoms with Crippen LogP contribution in [-0.2, 0) is 21.3 Å². The van der Waals surface area contributed by atoms with Gasteiger partial charge in [0.05, 0.1) is 13.0 Å². The lowest BCUT2D eigenvalue weighted by Crippen LogP contribution is -2.10. The Balaban J connectivity index is 2.97. The molecular weight excluding hydrogens is 268 g/mol. The van der Waals surface area contributed by atoms with E-state index in [1.54, 1.807) is 0 Å². The van der Waals surface area contributed by atoms with E-state index in [0.29, 0.717) is 13.0 Å². The average Bonchev–Trinajstić information content (AvgIpc) is 2.17. The number of benzene rings is 1. The first-order valence-corrected chi connectivity index (χ1v) is 6.51. The molecular formula is C13H17BrO2. The van der Waals surface area contributed by atoms with Gasteiger partial charge in [-0.05, 0) is 37.5 Å². The van der Waals surface area contributed by atoms with E-state index in [0.717, 1.165) is 10.9 Å². The van der Waals surface area contributed by atoms with Crippen LogP contribution in [0.25, 0.3) is 0 Å². The van der Waals surface area contributed by atoms with Crippen molar-refractivity contribution in [2.24, 2.45) is 0 Å². The Hall–Kier alpha value is -0.830. The SMILES string of the molecule is CCOC(=O)Cc1cc(C)cc(C)c1CBr. The van der Waals surface area contributed by atoms with Crippen molar-refractivity contribution < 1.29 is 9.53 Å². The van der Waals surface area contributed by atoms with E-state index in [1.807, 2.05) is 13.8 Å². The molecule has 0 aliphatic rings. The van der Waals surface area contributed by atoms with Gasteiger partial charge in [0.15, 0.2) is 0 Å². The van der Waals surface area contributed by atoms with Crippen LogP contribution >= 0.6 is 15.9 Å². The normalized spacial score (nSPS) is 10.2. The standard InChI is InChI=1S/C13H17BrO2/c1-4-16-13(15)7-11-6-9(2)5-10(3)12(11)8-14/h5-6H,4,7-8H2,1-3H3. The molecule has 0 aliphatic heterocycles. The number of halogens is 1. The second kappa shape index (κ2) is 6.04. The number of ether oxygens (including phenoxy) is 1. The fraction of sp³-hybridized carbons (Fsp3) is 0.462. The maximum Gasteiger partial charge on any atom is 0.310 e. The molecule has 0 aliphatic carbocycles. The van der Waals surface area contributed by atoms with Crippen molar-refractivity contribution >= 4 is 21.9 Å². The van der Waals surface area contributed by atoms with Crippen molar-refractivity contribution in [1.82, 2.24) is 0 Å². The number of hydrogen-bond acceptors (Lipinski definition) is 2. The number of carbonyl (C=O) groups excluding carboxylic acids is 1. The van der Waals surface area contributed by atoms with Gasteiger partial charge in [0.2, 0.25) is 0 Å². The molecule has 3 heteroatoms. The summed E-state index contributed by atoms with van der Waals surface area (Å²) in [5.41, 5.74) is 4.66. The van der Waals surface area contributed by atoms with Crippen LogP contribution in [0.2, 0.25) is 0 Å². The highest BCUT2D eigenvalue weighted by atomic mass is 79.9. The van der Waals surface area contributed by atoms with Gasteiger partial charge >= 0.3 is 5.97 Å². The highest BCUT2D eigenvalue weighted by Gasteiger charge is 2.10. The van der Waals surface area contributed by atoms with Gasteiger partial charge in [-0.15, -0.1) is 0 Å². The largest absolute Gasteiger partial charge is 0.466 e. The van der Waals surface area contributed by atoms with Crippen LogP contribution in [0.4, 0.5) is 0 Å². The van der Waals surface area contributed by atoms with Gasteiger partial charge in [-0.3, -0.25) is 4.79 Å². The molecule has 0 unspecified atom stereocenters. The molecule has 0 aromatic heterocycles. The summed E-state index contributed by atoms with van der Waals surface area (Å²) in [5.74, 6) is -0.158. The predicted molar refractivity (Wildman–Crippen MR) is 68.9 cm³/mol. The van der Waals surface area contributed by atoms with Crippen molar-refractivity contribution in [3.63, 3.8) is 0 Å². The minimum Gasteiger partial charge on any atom is -0.466 e. The lowest BCUT2D eigenvalue weighted by molar-refractivity contribution is -0.142. The van der Waals surface area contributed by atoms with Crippen LogP contribution in [0, 0.1) is 13.8 Å². The summed E-state index contributed by atoms with van der Waals surface area (Å²) in [4.78, 5) is 11.5. The third-order valence-corrected chi connectivity index (χ3v) is 3.04. The van der Waals surface area contributed by atoms with Gasteiger partial charge in [-0.25, -0.2) is 0 Å². The number of alkyl halides is 1. The molecule has 0 fully saturated rings. The summed E-state index contributed by atoms with van der Waals surface area (Å²) in [7, 11) is 0. The lowest BCUT2D eigenvalue weighted by atomic mass is 9.98. The number of aryl methyl sites for hydroxylation is 2. The molecule has 0 N–H and O–H groups in total. The van der Waals surface area contributed by atoms with Gasteiger partial charge in [-0.1, -0.05) is 33.6 Å². The molecule has 0 saturated heterocycles. The molecule has 0 heterocycles. The highest BCUT2D eigenvalue weighted by Crippen LogP contribution is 2.20.